The molecule has 178 valence electrons. The molecule has 1 aliphatic heterocycles. The summed E-state index contributed by atoms with van der Waals surface area (Å²) < 4.78 is 16.6. The number of likely N-dealkylation sites (N-methyl/N-ethyl adjacent to an activating group) is 1. The summed E-state index contributed by atoms with van der Waals surface area (Å²) in [6.07, 6.45) is 3.20. The van der Waals surface area contributed by atoms with Crippen LogP contribution in [0.3, 0.4) is 0 Å². The van der Waals surface area contributed by atoms with Crippen LogP contribution in [0.5, 0.6) is 5.75 Å². The van der Waals surface area contributed by atoms with Crippen molar-refractivity contribution in [2.45, 2.75) is 32.2 Å². The van der Waals surface area contributed by atoms with E-state index in [0.717, 1.165) is 70.5 Å². The van der Waals surface area contributed by atoms with E-state index in [1.54, 1.807) is 7.11 Å². The standard InChI is InChI=1S/C23H40N4O3.HI/c1-5-24-23(25-12-7-13-30-18-19-10-14-29-15-11-19)26-17-22(27(2)3)20-8-6-9-21(16-20)28-4;/h6,8-9,16,19,22H,5,7,10-15,17-18H2,1-4H3,(H2,24,25,26);1H. The fourth-order valence-electron chi connectivity index (χ4n) is 3.48. The van der Waals surface area contributed by atoms with Crippen molar-refractivity contribution in [3.8, 4) is 5.75 Å². The Kier molecular flexibility index (Phi) is 14.9. The number of nitrogens with zero attached hydrogens (tertiary/aromatic N) is 2. The minimum atomic E-state index is 0. The number of halogens is 1. The van der Waals surface area contributed by atoms with Crippen LogP contribution in [-0.2, 0) is 9.47 Å². The van der Waals surface area contributed by atoms with Crippen molar-refractivity contribution in [2.75, 3.05) is 67.3 Å². The van der Waals surface area contributed by atoms with Crippen LogP contribution in [0.4, 0.5) is 0 Å². The summed E-state index contributed by atoms with van der Waals surface area (Å²) in [5.74, 6) is 2.37. The van der Waals surface area contributed by atoms with Crippen molar-refractivity contribution in [1.82, 2.24) is 15.5 Å². The molecule has 0 radical (unpaired) electrons. The highest BCUT2D eigenvalue weighted by Crippen LogP contribution is 2.23. The van der Waals surface area contributed by atoms with Gasteiger partial charge < -0.3 is 29.7 Å². The molecule has 1 saturated heterocycles. The van der Waals surface area contributed by atoms with Gasteiger partial charge in [0.1, 0.15) is 5.75 Å². The van der Waals surface area contributed by atoms with Crippen molar-refractivity contribution in [2.24, 2.45) is 10.9 Å². The number of guanidine groups is 1. The Morgan fingerprint density at radius 2 is 2.03 bits per heavy atom. The van der Waals surface area contributed by atoms with Crippen LogP contribution in [-0.4, -0.2) is 78.1 Å². The Bertz CT molecular complexity index is 625. The van der Waals surface area contributed by atoms with E-state index in [1.807, 2.05) is 12.1 Å². The Labute approximate surface area is 205 Å². The average molecular weight is 549 g/mol. The molecule has 0 amide bonds. The third-order valence-electron chi connectivity index (χ3n) is 5.32. The van der Waals surface area contributed by atoms with Gasteiger partial charge in [0.2, 0.25) is 0 Å². The highest BCUT2D eigenvalue weighted by atomic mass is 127. The number of aliphatic imine (C=N–C) groups is 1. The first-order valence-corrected chi connectivity index (χ1v) is 11.1. The lowest BCUT2D eigenvalue weighted by molar-refractivity contribution is 0.0203. The van der Waals surface area contributed by atoms with Crippen LogP contribution in [0.1, 0.15) is 37.8 Å². The van der Waals surface area contributed by atoms with Crippen LogP contribution in [0.25, 0.3) is 0 Å². The van der Waals surface area contributed by atoms with Crippen molar-refractivity contribution in [3.63, 3.8) is 0 Å². The number of hydrogen-bond acceptors (Lipinski definition) is 5. The average Bonchev–Trinajstić information content (AvgIpc) is 2.76. The summed E-state index contributed by atoms with van der Waals surface area (Å²) in [6, 6.07) is 8.38. The van der Waals surface area contributed by atoms with Crippen molar-refractivity contribution >= 4 is 29.9 Å². The maximum absolute atomic E-state index is 5.85. The molecule has 2 N–H and O–H groups in total. The second-order valence-corrected chi connectivity index (χ2v) is 7.89. The lowest BCUT2D eigenvalue weighted by atomic mass is 10.0. The Hall–Kier alpha value is -1.10. The summed E-state index contributed by atoms with van der Waals surface area (Å²) in [7, 11) is 5.86. The monoisotopic (exact) mass is 548 g/mol. The zero-order valence-corrected chi connectivity index (χ0v) is 21.9. The molecule has 1 aromatic rings. The Morgan fingerprint density at radius 1 is 1.26 bits per heavy atom. The van der Waals surface area contributed by atoms with Gasteiger partial charge in [-0.25, -0.2) is 0 Å². The molecule has 31 heavy (non-hydrogen) atoms. The molecule has 1 atom stereocenters. The first-order valence-electron chi connectivity index (χ1n) is 11.1. The van der Waals surface area contributed by atoms with E-state index in [9.17, 15) is 0 Å². The van der Waals surface area contributed by atoms with E-state index in [4.69, 9.17) is 19.2 Å². The van der Waals surface area contributed by atoms with Crippen LogP contribution in [0.2, 0.25) is 0 Å². The molecule has 0 saturated carbocycles. The summed E-state index contributed by atoms with van der Waals surface area (Å²) >= 11 is 0. The largest absolute Gasteiger partial charge is 0.497 e. The summed E-state index contributed by atoms with van der Waals surface area (Å²) in [6.45, 7) is 7.79. The molecular formula is C23H41IN4O3. The molecule has 1 unspecified atom stereocenters. The smallest absolute Gasteiger partial charge is 0.191 e. The van der Waals surface area contributed by atoms with Gasteiger partial charge in [-0.05, 0) is 63.9 Å². The lowest BCUT2D eigenvalue weighted by Crippen LogP contribution is -2.38. The minimum absolute atomic E-state index is 0. The lowest BCUT2D eigenvalue weighted by Gasteiger charge is -2.24. The van der Waals surface area contributed by atoms with Crippen LogP contribution in [0, 0.1) is 5.92 Å². The molecule has 0 aromatic heterocycles. The number of methoxy groups -OCH3 is 1. The van der Waals surface area contributed by atoms with Crippen molar-refractivity contribution < 1.29 is 14.2 Å². The highest BCUT2D eigenvalue weighted by Gasteiger charge is 2.15. The van der Waals surface area contributed by atoms with E-state index < -0.39 is 0 Å². The molecular weight excluding hydrogens is 507 g/mol. The molecule has 1 fully saturated rings. The van der Waals surface area contributed by atoms with Gasteiger partial charge in [-0.2, -0.15) is 0 Å². The fraction of sp³-hybridized carbons (Fsp3) is 0.696. The molecule has 8 heteroatoms. The van der Waals surface area contributed by atoms with E-state index in [0.29, 0.717) is 12.5 Å². The molecule has 0 spiro atoms. The zero-order chi connectivity index (χ0) is 21.6. The zero-order valence-electron chi connectivity index (χ0n) is 19.6. The number of benzene rings is 1. The predicted molar refractivity (Wildman–Crippen MR) is 138 cm³/mol. The van der Waals surface area contributed by atoms with Gasteiger partial charge in [0.05, 0.1) is 19.7 Å². The molecule has 0 bridgehead atoms. The second kappa shape index (κ2) is 16.5. The van der Waals surface area contributed by atoms with E-state index in [2.05, 4.69) is 48.7 Å². The van der Waals surface area contributed by atoms with Gasteiger partial charge in [0, 0.05) is 39.5 Å². The summed E-state index contributed by atoms with van der Waals surface area (Å²) in [5.41, 5.74) is 1.19. The number of hydrogen-bond donors (Lipinski definition) is 2. The van der Waals surface area contributed by atoms with E-state index in [-0.39, 0.29) is 30.0 Å². The summed E-state index contributed by atoms with van der Waals surface area (Å²) in [4.78, 5) is 7.00. The molecule has 1 aromatic carbocycles. The van der Waals surface area contributed by atoms with Crippen molar-refractivity contribution in [3.05, 3.63) is 29.8 Å². The molecule has 1 heterocycles. The third-order valence-corrected chi connectivity index (χ3v) is 5.32. The second-order valence-electron chi connectivity index (χ2n) is 7.89. The molecule has 7 nitrogen and oxygen atoms in total. The third kappa shape index (κ3) is 10.9. The Morgan fingerprint density at radius 3 is 2.71 bits per heavy atom. The van der Waals surface area contributed by atoms with Crippen LogP contribution in [0.15, 0.2) is 29.3 Å². The van der Waals surface area contributed by atoms with Crippen LogP contribution >= 0.6 is 24.0 Å². The van der Waals surface area contributed by atoms with Gasteiger partial charge in [-0.1, -0.05) is 12.1 Å². The summed E-state index contributed by atoms with van der Waals surface area (Å²) in [5, 5.41) is 6.76. The number of rotatable bonds is 12. The van der Waals surface area contributed by atoms with E-state index in [1.165, 1.54) is 5.56 Å². The number of nitrogens with one attached hydrogen (secondary N) is 2. The minimum Gasteiger partial charge on any atom is -0.497 e. The first-order chi connectivity index (χ1) is 14.6. The van der Waals surface area contributed by atoms with Gasteiger partial charge >= 0.3 is 0 Å². The SMILES string of the molecule is CCNC(=NCC(c1cccc(OC)c1)N(C)C)NCCCOCC1CCOCC1.I. The Balaban J connectivity index is 0.00000480. The first kappa shape index (κ1) is 27.9. The predicted octanol–water partition coefficient (Wildman–Crippen LogP) is 3.30. The van der Waals surface area contributed by atoms with Gasteiger partial charge in [0.15, 0.2) is 5.96 Å². The maximum Gasteiger partial charge on any atom is 0.191 e. The fourth-order valence-corrected chi connectivity index (χ4v) is 3.48. The molecule has 2 rings (SSSR count). The normalized spacial score (nSPS) is 16.0. The van der Waals surface area contributed by atoms with Gasteiger partial charge in [-0.3, -0.25) is 4.99 Å². The van der Waals surface area contributed by atoms with Crippen molar-refractivity contribution in [1.29, 1.82) is 0 Å². The van der Waals surface area contributed by atoms with E-state index >= 15 is 0 Å². The van der Waals surface area contributed by atoms with Gasteiger partial charge in [0.25, 0.3) is 0 Å². The maximum atomic E-state index is 5.85. The quantitative estimate of drug-likeness (QED) is 0.181. The highest BCUT2D eigenvalue weighted by molar-refractivity contribution is 14.0. The number of ether oxygens (including phenoxy) is 3. The molecule has 1 aliphatic rings. The topological polar surface area (TPSA) is 67.4 Å². The van der Waals surface area contributed by atoms with Gasteiger partial charge in [-0.15, -0.1) is 24.0 Å². The van der Waals surface area contributed by atoms with Crippen LogP contribution < -0.4 is 15.4 Å². The molecule has 0 aliphatic carbocycles.